The third-order valence-corrected chi connectivity index (χ3v) is 6.49. The van der Waals surface area contributed by atoms with Crippen molar-refractivity contribution in [3.63, 3.8) is 0 Å². The summed E-state index contributed by atoms with van der Waals surface area (Å²) in [5.74, 6) is 1.95. The summed E-state index contributed by atoms with van der Waals surface area (Å²) in [4.78, 5) is 22.6. The van der Waals surface area contributed by atoms with Gasteiger partial charge in [0.2, 0.25) is 11.8 Å². The molecule has 0 aliphatic carbocycles. The molecule has 3 aromatic rings. The fourth-order valence-electron chi connectivity index (χ4n) is 4.35. The number of piperazine rings is 1. The van der Waals surface area contributed by atoms with Gasteiger partial charge in [0.1, 0.15) is 23.7 Å². The lowest BCUT2D eigenvalue weighted by Crippen LogP contribution is -2.44. The maximum absolute atomic E-state index is 9.69. The van der Waals surface area contributed by atoms with Gasteiger partial charge in [-0.15, -0.1) is 12.4 Å². The maximum Gasteiger partial charge on any atom is 0.239 e. The lowest BCUT2D eigenvalue weighted by atomic mass is 10.1. The number of nitrogens with one attached hydrogen (secondary N) is 1. The van der Waals surface area contributed by atoms with E-state index in [4.69, 9.17) is 14.2 Å². The summed E-state index contributed by atoms with van der Waals surface area (Å²) in [5.41, 5.74) is 2.51. The summed E-state index contributed by atoms with van der Waals surface area (Å²) in [7, 11) is 3.75. The molecule has 2 fully saturated rings. The molecule has 0 saturated carbocycles. The van der Waals surface area contributed by atoms with Gasteiger partial charge in [0.25, 0.3) is 0 Å². The van der Waals surface area contributed by atoms with Crippen LogP contribution in [-0.4, -0.2) is 84.5 Å². The molecule has 5 rings (SSSR count). The van der Waals surface area contributed by atoms with E-state index in [-0.39, 0.29) is 18.5 Å². The first-order chi connectivity index (χ1) is 18.1. The molecular weight excluding hydrogens is 508 g/mol. The third kappa shape index (κ3) is 6.39. The van der Waals surface area contributed by atoms with Gasteiger partial charge in [-0.25, -0.2) is 9.97 Å². The molecule has 3 aromatic heterocycles. The van der Waals surface area contributed by atoms with Crippen molar-refractivity contribution in [1.82, 2.24) is 24.8 Å². The van der Waals surface area contributed by atoms with E-state index in [1.165, 1.54) is 0 Å². The van der Waals surface area contributed by atoms with Crippen molar-refractivity contribution in [2.45, 2.75) is 18.9 Å². The van der Waals surface area contributed by atoms with Crippen LogP contribution in [0.15, 0.2) is 36.7 Å². The van der Waals surface area contributed by atoms with Crippen LogP contribution >= 0.6 is 12.4 Å². The molecular formula is C26H31ClN8O3. The van der Waals surface area contributed by atoms with Gasteiger partial charge in [-0.2, -0.15) is 10.2 Å². The van der Waals surface area contributed by atoms with Gasteiger partial charge < -0.3 is 29.3 Å². The lowest BCUT2D eigenvalue weighted by Gasteiger charge is -2.34. The first-order valence-electron chi connectivity index (χ1n) is 12.4. The second-order valence-corrected chi connectivity index (χ2v) is 9.01. The van der Waals surface area contributed by atoms with E-state index in [1.807, 2.05) is 12.1 Å². The van der Waals surface area contributed by atoms with Gasteiger partial charge in [0.05, 0.1) is 43.5 Å². The predicted molar refractivity (Wildman–Crippen MR) is 145 cm³/mol. The van der Waals surface area contributed by atoms with Crippen LogP contribution in [0.2, 0.25) is 0 Å². The third-order valence-electron chi connectivity index (χ3n) is 6.49. The summed E-state index contributed by atoms with van der Waals surface area (Å²) in [6.45, 7) is 5.15. The van der Waals surface area contributed by atoms with Crippen molar-refractivity contribution >= 4 is 29.9 Å². The van der Waals surface area contributed by atoms with Crippen molar-refractivity contribution in [2.24, 2.45) is 0 Å². The standard InChI is InChI=1S/C26H30N8O3.ClH/c1-33-9-11-34(12-10-33)22-3-4-24(31-25(22)35-2)32-26-28-8-5-20(30-26)21-15-18(16-27)23(17-29-21)37-19-6-13-36-14-7-19;/h3-5,8,15,17,19H,6-7,9-14H2,1-2H3,(H,28,30,31,32);1H. The van der Waals surface area contributed by atoms with Crippen LogP contribution in [0.5, 0.6) is 11.6 Å². The Hall–Kier alpha value is -3.72. The molecule has 0 aromatic carbocycles. The Kier molecular flexibility index (Phi) is 9.12. The zero-order chi connectivity index (χ0) is 25.6. The average Bonchev–Trinajstić information content (AvgIpc) is 2.94. The normalized spacial score (nSPS) is 16.3. The second-order valence-electron chi connectivity index (χ2n) is 9.01. The Labute approximate surface area is 228 Å². The molecule has 0 amide bonds. The summed E-state index contributed by atoms with van der Waals surface area (Å²) >= 11 is 0. The quantitative estimate of drug-likeness (QED) is 0.476. The molecule has 11 nitrogen and oxygen atoms in total. The van der Waals surface area contributed by atoms with Gasteiger partial charge in [0, 0.05) is 45.2 Å². The molecule has 0 atom stereocenters. The van der Waals surface area contributed by atoms with Crippen molar-refractivity contribution in [3.05, 3.63) is 42.2 Å². The summed E-state index contributed by atoms with van der Waals surface area (Å²) in [6.07, 6.45) is 4.84. The Morgan fingerprint density at radius 3 is 2.58 bits per heavy atom. The highest BCUT2D eigenvalue weighted by Crippen LogP contribution is 2.30. The van der Waals surface area contributed by atoms with Gasteiger partial charge >= 0.3 is 0 Å². The Morgan fingerprint density at radius 1 is 1.05 bits per heavy atom. The maximum atomic E-state index is 9.69. The highest BCUT2D eigenvalue weighted by atomic mass is 35.5. The topological polar surface area (TPSA) is 122 Å². The summed E-state index contributed by atoms with van der Waals surface area (Å²) in [5, 5.41) is 12.8. The first kappa shape index (κ1) is 27.3. The van der Waals surface area contributed by atoms with Crippen LogP contribution in [-0.2, 0) is 4.74 Å². The minimum absolute atomic E-state index is 0. The number of anilines is 3. The highest BCUT2D eigenvalue weighted by molar-refractivity contribution is 5.85. The van der Waals surface area contributed by atoms with Crippen LogP contribution in [0.25, 0.3) is 11.4 Å². The number of hydrogen-bond donors (Lipinski definition) is 1. The van der Waals surface area contributed by atoms with Gasteiger partial charge in [-0.1, -0.05) is 0 Å². The number of aromatic nitrogens is 4. The van der Waals surface area contributed by atoms with E-state index in [0.717, 1.165) is 44.7 Å². The van der Waals surface area contributed by atoms with Crippen LogP contribution in [0.1, 0.15) is 18.4 Å². The number of pyridine rings is 2. The largest absolute Gasteiger partial charge is 0.487 e. The monoisotopic (exact) mass is 538 g/mol. The van der Waals surface area contributed by atoms with Crippen LogP contribution in [0.3, 0.4) is 0 Å². The molecule has 12 heteroatoms. The number of halogens is 1. The van der Waals surface area contributed by atoms with Gasteiger partial charge in [0.15, 0.2) is 5.75 Å². The molecule has 0 spiro atoms. The Balaban J connectivity index is 0.00000336. The molecule has 0 radical (unpaired) electrons. The lowest BCUT2D eigenvalue weighted by molar-refractivity contribution is 0.0253. The number of nitrogens with zero attached hydrogens (tertiary/aromatic N) is 7. The van der Waals surface area contributed by atoms with Crippen LogP contribution in [0.4, 0.5) is 17.5 Å². The number of hydrogen-bond acceptors (Lipinski definition) is 11. The summed E-state index contributed by atoms with van der Waals surface area (Å²) < 4.78 is 17.0. The number of rotatable bonds is 7. The Morgan fingerprint density at radius 2 is 1.84 bits per heavy atom. The molecule has 1 N–H and O–H groups in total. The first-order valence-corrected chi connectivity index (χ1v) is 12.4. The molecule has 2 aliphatic rings. The highest BCUT2D eigenvalue weighted by Gasteiger charge is 2.20. The van der Waals surface area contributed by atoms with E-state index in [9.17, 15) is 5.26 Å². The van der Waals surface area contributed by atoms with Crippen molar-refractivity contribution in [3.8, 4) is 29.1 Å². The van der Waals surface area contributed by atoms with E-state index in [0.29, 0.717) is 53.6 Å². The van der Waals surface area contributed by atoms with Crippen molar-refractivity contribution in [2.75, 3.05) is 63.8 Å². The SMILES string of the molecule is COc1nc(Nc2nccc(-c3cc(C#N)c(OC4CCOCC4)cn3)n2)ccc1N1CCN(C)CC1.Cl. The molecule has 200 valence electrons. The van der Waals surface area contributed by atoms with Gasteiger partial charge in [-0.05, 0) is 31.3 Å². The fourth-order valence-corrected chi connectivity index (χ4v) is 4.35. The second kappa shape index (κ2) is 12.7. The minimum Gasteiger partial charge on any atom is -0.487 e. The number of ether oxygens (including phenoxy) is 3. The van der Waals surface area contributed by atoms with E-state index < -0.39 is 0 Å². The molecule has 0 bridgehead atoms. The fraction of sp³-hybridized carbons (Fsp3) is 0.423. The van der Waals surface area contributed by atoms with Crippen molar-refractivity contribution < 1.29 is 14.2 Å². The zero-order valence-electron chi connectivity index (χ0n) is 21.5. The Bertz CT molecular complexity index is 1270. The summed E-state index contributed by atoms with van der Waals surface area (Å²) in [6, 6.07) is 9.54. The average molecular weight is 539 g/mol. The van der Waals surface area contributed by atoms with E-state index in [1.54, 1.807) is 31.6 Å². The smallest absolute Gasteiger partial charge is 0.239 e. The van der Waals surface area contributed by atoms with Crippen molar-refractivity contribution in [1.29, 1.82) is 5.26 Å². The molecule has 5 heterocycles. The number of nitriles is 1. The zero-order valence-corrected chi connectivity index (χ0v) is 22.3. The molecule has 0 unspecified atom stereocenters. The predicted octanol–water partition coefficient (Wildman–Crippen LogP) is 3.29. The number of likely N-dealkylation sites (N-methyl/N-ethyl adjacent to an activating group) is 1. The molecule has 2 aliphatic heterocycles. The molecule has 38 heavy (non-hydrogen) atoms. The van der Waals surface area contributed by atoms with E-state index in [2.05, 4.69) is 48.2 Å². The van der Waals surface area contributed by atoms with Crippen LogP contribution in [0, 0.1) is 11.3 Å². The minimum atomic E-state index is 0. The number of methoxy groups -OCH3 is 1. The van der Waals surface area contributed by atoms with E-state index >= 15 is 0 Å². The molecule has 2 saturated heterocycles. The van der Waals surface area contributed by atoms with Gasteiger partial charge in [-0.3, -0.25) is 4.98 Å². The van der Waals surface area contributed by atoms with Crippen LogP contribution < -0.4 is 19.7 Å².